The number of para-hydroxylation sites is 1. The molecule has 2 N–H and O–H groups in total. The van der Waals surface area contributed by atoms with Crippen molar-refractivity contribution in [1.82, 2.24) is 14.7 Å². The van der Waals surface area contributed by atoms with Gasteiger partial charge in [0.2, 0.25) is 0 Å². The lowest BCUT2D eigenvalue weighted by atomic mass is 10.1. The number of urea groups is 1. The van der Waals surface area contributed by atoms with E-state index in [1.807, 2.05) is 48.5 Å². The summed E-state index contributed by atoms with van der Waals surface area (Å²) in [4.78, 5) is 14.2. The van der Waals surface area contributed by atoms with Gasteiger partial charge in [-0.25, -0.2) is 4.79 Å². The van der Waals surface area contributed by atoms with E-state index in [4.69, 9.17) is 0 Å². The second kappa shape index (κ2) is 6.51. The molecule has 1 aromatic carbocycles. The van der Waals surface area contributed by atoms with Crippen molar-refractivity contribution in [3.8, 4) is 0 Å². The number of aromatic nitrogens is 2. The Balaban J connectivity index is 1.57. The number of likely N-dealkylation sites (tertiary alicyclic amines) is 1. The minimum absolute atomic E-state index is 0.0849. The molecule has 1 fully saturated rings. The molecule has 0 radical (unpaired) electrons. The molecule has 1 saturated heterocycles. The number of piperidine rings is 1. The Labute approximate surface area is 130 Å². The first kappa shape index (κ1) is 14.4. The van der Waals surface area contributed by atoms with Crippen LogP contribution < -0.4 is 10.6 Å². The summed E-state index contributed by atoms with van der Waals surface area (Å²) < 4.78 is 1.67. The molecule has 22 heavy (non-hydrogen) atoms. The number of rotatable bonds is 3. The molecule has 1 atom stereocenters. The zero-order valence-corrected chi connectivity index (χ0v) is 12.7. The predicted molar refractivity (Wildman–Crippen MR) is 86.9 cm³/mol. The molecule has 1 aliphatic heterocycles. The van der Waals surface area contributed by atoms with Gasteiger partial charge in [0.15, 0.2) is 5.82 Å². The first-order valence-electron chi connectivity index (χ1n) is 7.58. The lowest BCUT2D eigenvalue weighted by molar-refractivity contribution is 0.196. The molecule has 6 nitrogen and oxygen atoms in total. The highest BCUT2D eigenvalue weighted by molar-refractivity contribution is 5.88. The Morgan fingerprint density at radius 3 is 2.82 bits per heavy atom. The molecule has 2 amide bonds. The maximum Gasteiger partial charge on any atom is 0.323 e. The molecule has 6 heteroatoms. The Morgan fingerprint density at radius 2 is 2.09 bits per heavy atom. The summed E-state index contributed by atoms with van der Waals surface area (Å²) in [7, 11) is 1.83. The number of carbonyl (C=O) groups excluding carboxylic acids is 1. The molecule has 0 unspecified atom stereocenters. The van der Waals surface area contributed by atoms with Crippen molar-refractivity contribution in [2.75, 3.05) is 23.7 Å². The van der Waals surface area contributed by atoms with Crippen LogP contribution in [0.3, 0.4) is 0 Å². The molecule has 1 aliphatic rings. The Bertz CT molecular complexity index is 624. The van der Waals surface area contributed by atoms with E-state index in [1.54, 1.807) is 10.7 Å². The maximum atomic E-state index is 12.3. The van der Waals surface area contributed by atoms with Gasteiger partial charge >= 0.3 is 6.03 Å². The van der Waals surface area contributed by atoms with Crippen LogP contribution in [0.2, 0.25) is 0 Å². The molecule has 2 heterocycles. The molecule has 0 bridgehead atoms. The van der Waals surface area contributed by atoms with Gasteiger partial charge in [-0.05, 0) is 25.0 Å². The first-order chi connectivity index (χ1) is 10.7. The SMILES string of the molecule is Cn1ccc(NC(=O)N2CCC[C@@H](Nc3ccccc3)C2)n1. The van der Waals surface area contributed by atoms with Crippen molar-refractivity contribution in [1.29, 1.82) is 0 Å². The second-order valence-electron chi connectivity index (χ2n) is 5.60. The maximum absolute atomic E-state index is 12.3. The van der Waals surface area contributed by atoms with Gasteiger partial charge in [0.1, 0.15) is 0 Å². The zero-order valence-electron chi connectivity index (χ0n) is 12.7. The predicted octanol–water partition coefficient (Wildman–Crippen LogP) is 2.53. The number of nitrogens with zero attached hydrogens (tertiary/aromatic N) is 3. The molecular formula is C16H21N5O. The van der Waals surface area contributed by atoms with E-state index >= 15 is 0 Å². The van der Waals surface area contributed by atoms with Crippen LogP contribution in [0.5, 0.6) is 0 Å². The van der Waals surface area contributed by atoms with Gasteiger partial charge in [-0.15, -0.1) is 0 Å². The minimum Gasteiger partial charge on any atom is -0.381 e. The third kappa shape index (κ3) is 3.58. The molecule has 1 aromatic heterocycles. The number of amides is 2. The third-order valence-corrected chi connectivity index (χ3v) is 3.80. The van der Waals surface area contributed by atoms with E-state index in [-0.39, 0.29) is 12.1 Å². The van der Waals surface area contributed by atoms with Crippen molar-refractivity contribution in [2.45, 2.75) is 18.9 Å². The topological polar surface area (TPSA) is 62.2 Å². The average Bonchev–Trinajstić information content (AvgIpc) is 2.93. The van der Waals surface area contributed by atoms with Crippen LogP contribution in [0, 0.1) is 0 Å². The smallest absolute Gasteiger partial charge is 0.323 e. The Morgan fingerprint density at radius 1 is 1.27 bits per heavy atom. The number of hydrogen-bond donors (Lipinski definition) is 2. The monoisotopic (exact) mass is 299 g/mol. The number of anilines is 2. The van der Waals surface area contributed by atoms with Gasteiger partial charge in [-0.2, -0.15) is 5.10 Å². The first-order valence-corrected chi connectivity index (χ1v) is 7.58. The molecule has 0 saturated carbocycles. The van der Waals surface area contributed by atoms with E-state index in [0.29, 0.717) is 12.4 Å². The van der Waals surface area contributed by atoms with E-state index in [0.717, 1.165) is 25.1 Å². The van der Waals surface area contributed by atoms with Crippen molar-refractivity contribution in [3.05, 3.63) is 42.6 Å². The lowest BCUT2D eigenvalue weighted by Crippen LogP contribution is -2.46. The van der Waals surface area contributed by atoms with E-state index in [9.17, 15) is 4.79 Å². The summed E-state index contributed by atoms with van der Waals surface area (Å²) in [5.74, 6) is 0.589. The van der Waals surface area contributed by atoms with Crippen molar-refractivity contribution >= 4 is 17.5 Å². The van der Waals surface area contributed by atoms with Crippen molar-refractivity contribution < 1.29 is 4.79 Å². The van der Waals surface area contributed by atoms with E-state index < -0.39 is 0 Å². The van der Waals surface area contributed by atoms with Gasteiger partial charge in [-0.3, -0.25) is 10.00 Å². The summed E-state index contributed by atoms with van der Waals surface area (Å²) in [5.41, 5.74) is 1.10. The number of benzene rings is 1. The number of nitrogens with one attached hydrogen (secondary N) is 2. The van der Waals surface area contributed by atoms with E-state index in [2.05, 4.69) is 15.7 Å². The highest BCUT2D eigenvalue weighted by atomic mass is 16.2. The van der Waals surface area contributed by atoms with Crippen molar-refractivity contribution in [2.24, 2.45) is 7.05 Å². The second-order valence-corrected chi connectivity index (χ2v) is 5.60. The lowest BCUT2D eigenvalue weighted by Gasteiger charge is -2.33. The van der Waals surface area contributed by atoms with Crippen LogP contribution >= 0.6 is 0 Å². The molecule has 116 valence electrons. The highest BCUT2D eigenvalue weighted by Crippen LogP contribution is 2.16. The molecule has 3 rings (SSSR count). The highest BCUT2D eigenvalue weighted by Gasteiger charge is 2.23. The summed E-state index contributed by atoms with van der Waals surface area (Å²) in [6.45, 7) is 1.49. The van der Waals surface area contributed by atoms with Crippen molar-refractivity contribution in [3.63, 3.8) is 0 Å². The normalized spacial score (nSPS) is 18.0. The summed E-state index contributed by atoms with van der Waals surface area (Å²) in [6, 6.07) is 12.1. The Hall–Kier alpha value is -2.50. The van der Waals surface area contributed by atoms with Gasteiger partial charge in [0.25, 0.3) is 0 Å². The average molecular weight is 299 g/mol. The summed E-state index contributed by atoms with van der Waals surface area (Å²) >= 11 is 0. The van der Waals surface area contributed by atoms with Crippen LogP contribution in [0.4, 0.5) is 16.3 Å². The minimum atomic E-state index is -0.0849. The zero-order chi connectivity index (χ0) is 15.4. The fraction of sp³-hybridized carbons (Fsp3) is 0.375. The van der Waals surface area contributed by atoms with Crippen LogP contribution in [-0.4, -0.2) is 39.8 Å². The molecule has 2 aromatic rings. The summed E-state index contributed by atoms with van der Waals surface area (Å²) in [6.07, 6.45) is 3.88. The number of aryl methyl sites for hydroxylation is 1. The van der Waals surface area contributed by atoms with Crippen LogP contribution in [0.1, 0.15) is 12.8 Å². The van der Waals surface area contributed by atoms with Crippen LogP contribution in [-0.2, 0) is 7.05 Å². The quantitative estimate of drug-likeness (QED) is 0.915. The van der Waals surface area contributed by atoms with Gasteiger partial charge in [0, 0.05) is 44.1 Å². The number of carbonyl (C=O) groups is 1. The molecule has 0 aliphatic carbocycles. The fourth-order valence-electron chi connectivity index (χ4n) is 2.72. The van der Waals surface area contributed by atoms with Crippen LogP contribution in [0.25, 0.3) is 0 Å². The fourth-order valence-corrected chi connectivity index (χ4v) is 2.72. The molecule has 0 spiro atoms. The van der Waals surface area contributed by atoms with Gasteiger partial charge in [0.05, 0.1) is 0 Å². The van der Waals surface area contributed by atoms with Gasteiger partial charge < -0.3 is 10.2 Å². The summed E-state index contributed by atoms with van der Waals surface area (Å²) in [5, 5.41) is 10.5. The number of hydrogen-bond acceptors (Lipinski definition) is 3. The standard InChI is InChI=1S/C16H21N5O/c1-20-11-9-15(19-20)18-16(22)21-10-5-8-14(12-21)17-13-6-3-2-4-7-13/h2-4,6-7,9,11,14,17H,5,8,10,12H2,1H3,(H,18,19,22)/t14-/m1/s1. The van der Waals surface area contributed by atoms with Crippen LogP contribution in [0.15, 0.2) is 42.6 Å². The van der Waals surface area contributed by atoms with E-state index in [1.165, 1.54) is 0 Å². The molecular weight excluding hydrogens is 278 g/mol. The third-order valence-electron chi connectivity index (χ3n) is 3.80. The largest absolute Gasteiger partial charge is 0.381 e. The Kier molecular flexibility index (Phi) is 4.27. The van der Waals surface area contributed by atoms with Gasteiger partial charge in [-0.1, -0.05) is 18.2 Å².